The average Bonchev–Trinajstić information content (AvgIpc) is 2.01. The van der Waals surface area contributed by atoms with Gasteiger partial charge in [-0.2, -0.15) is 13.2 Å². The first-order valence-electron chi connectivity index (χ1n) is 4.55. The molecule has 0 unspecified atom stereocenters. The van der Waals surface area contributed by atoms with Crippen molar-refractivity contribution in [3.8, 4) is 0 Å². The number of halogens is 3. The Hall–Kier alpha value is -0.0762. The third-order valence-electron chi connectivity index (χ3n) is 1.93. The average molecular weight is 242 g/mol. The van der Waals surface area contributed by atoms with Crippen LogP contribution in [0.3, 0.4) is 0 Å². The second-order valence-corrected chi connectivity index (χ2v) is 10.4. The van der Waals surface area contributed by atoms with Gasteiger partial charge in [0, 0.05) is 0 Å². The van der Waals surface area contributed by atoms with Gasteiger partial charge in [0.15, 0.2) is 9.76 Å². The summed E-state index contributed by atoms with van der Waals surface area (Å²) in [7, 11) is -2.33. The summed E-state index contributed by atoms with van der Waals surface area (Å²) >= 11 is 0. The van der Waals surface area contributed by atoms with E-state index in [1.165, 1.54) is 0 Å². The Bertz CT molecular complexity index is 180. The molecule has 0 aliphatic heterocycles. The summed E-state index contributed by atoms with van der Waals surface area (Å²) in [6.07, 6.45) is -4.17. The van der Waals surface area contributed by atoms with Gasteiger partial charge in [0.25, 0.3) is 0 Å². The Kier molecular flexibility index (Phi) is 5.69. The van der Waals surface area contributed by atoms with Crippen LogP contribution < -0.4 is 0 Å². The molecule has 0 aromatic carbocycles. The highest BCUT2D eigenvalue weighted by molar-refractivity contribution is 6.82. The fourth-order valence-electron chi connectivity index (χ4n) is 0.920. The largest absolute Gasteiger partial charge is 0.415 e. The quantitative estimate of drug-likeness (QED) is 0.514. The van der Waals surface area contributed by atoms with Gasteiger partial charge in [-0.15, -0.1) is 12.3 Å². The highest BCUT2D eigenvalue weighted by atomic mass is 28.3. The van der Waals surface area contributed by atoms with E-state index < -0.39 is 30.6 Å². The lowest BCUT2D eigenvalue weighted by molar-refractivity contribution is -0.153. The third-order valence-corrected chi connectivity index (χ3v) is 6.52. The van der Waals surface area contributed by atoms with Gasteiger partial charge in [-0.05, 0) is 6.04 Å². The minimum atomic E-state index is -4.17. The molecule has 1 nitrogen and oxygen atoms in total. The molecule has 0 saturated heterocycles. The molecule has 84 valence electrons. The van der Waals surface area contributed by atoms with Crippen LogP contribution in [0.25, 0.3) is 0 Å². The lowest BCUT2D eigenvalue weighted by Crippen LogP contribution is -2.23. The molecule has 0 spiro atoms. The second-order valence-electron chi connectivity index (χ2n) is 3.96. The van der Waals surface area contributed by atoms with Gasteiger partial charge in [0.1, 0.15) is 6.61 Å². The minimum absolute atomic E-state index is 0.821. The molecule has 0 aliphatic carbocycles. The highest BCUT2D eigenvalue weighted by Crippen LogP contribution is 2.16. The van der Waals surface area contributed by atoms with Crippen molar-refractivity contribution in [3.63, 3.8) is 0 Å². The predicted octanol–water partition coefficient (Wildman–Crippen LogP) is 2.50. The number of rotatable bonds is 6. The smallest absolute Gasteiger partial charge is 0.410 e. The Morgan fingerprint density at radius 1 is 1.43 bits per heavy atom. The van der Waals surface area contributed by atoms with Crippen molar-refractivity contribution in [2.45, 2.75) is 31.4 Å². The van der Waals surface area contributed by atoms with Gasteiger partial charge >= 0.3 is 6.18 Å². The van der Waals surface area contributed by atoms with E-state index >= 15 is 0 Å². The van der Waals surface area contributed by atoms with Crippen molar-refractivity contribution < 1.29 is 17.6 Å². The lowest BCUT2D eigenvalue weighted by atomic mass is 10.7. The number of hydrogen-bond acceptors (Lipinski definition) is 1. The van der Waals surface area contributed by atoms with Gasteiger partial charge in [0.2, 0.25) is 0 Å². The molecule has 0 N–H and O–H groups in total. The van der Waals surface area contributed by atoms with Gasteiger partial charge in [-0.1, -0.05) is 19.1 Å². The van der Waals surface area contributed by atoms with E-state index in [4.69, 9.17) is 0 Å². The third kappa shape index (κ3) is 8.52. The molecule has 0 radical (unpaired) electrons. The molecule has 0 rings (SSSR count). The van der Waals surface area contributed by atoms with E-state index in [0.717, 1.165) is 12.1 Å². The Balaban J connectivity index is 3.44. The Morgan fingerprint density at radius 3 is 2.43 bits per heavy atom. The van der Waals surface area contributed by atoms with Crippen LogP contribution in [0.4, 0.5) is 13.2 Å². The summed E-state index contributed by atoms with van der Waals surface area (Å²) in [5.74, 6) is 0. The molecule has 0 bridgehead atoms. The minimum Gasteiger partial charge on any atom is -0.415 e. The summed E-state index contributed by atoms with van der Waals surface area (Å²) < 4.78 is 39.7. The van der Waals surface area contributed by atoms with Gasteiger partial charge < -0.3 is 4.43 Å². The summed E-state index contributed by atoms with van der Waals surface area (Å²) in [4.78, 5) is 0. The molecule has 6 heteroatoms. The van der Waals surface area contributed by atoms with E-state index in [2.05, 4.69) is 24.1 Å². The first-order valence-corrected chi connectivity index (χ1v) is 9.41. The van der Waals surface area contributed by atoms with Crippen molar-refractivity contribution in [2.75, 3.05) is 6.61 Å². The molecule has 0 amide bonds. The molecule has 0 saturated carbocycles. The lowest BCUT2D eigenvalue weighted by Gasteiger charge is -2.16. The Morgan fingerprint density at radius 2 is 2.00 bits per heavy atom. The van der Waals surface area contributed by atoms with Gasteiger partial charge in [-0.25, -0.2) is 0 Å². The SMILES string of the molecule is C=C[Si](C)(C)CC[SiH2]OCC(F)(F)F. The predicted molar refractivity (Wildman–Crippen MR) is 57.8 cm³/mol. The van der Waals surface area contributed by atoms with Crippen LogP contribution in [0.1, 0.15) is 0 Å². The van der Waals surface area contributed by atoms with Crippen molar-refractivity contribution in [3.05, 3.63) is 12.3 Å². The van der Waals surface area contributed by atoms with Crippen LogP contribution in [-0.4, -0.2) is 30.6 Å². The molecule has 0 aromatic rings. The first kappa shape index (κ1) is 13.9. The zero-order valence-corrected chi connectivity index (χ0v) is 11.1. The fourth-order valence-corrected chi connectivity index (χ4v) is 5.93. The van der Waals surface area contributed by atoms with E-state index in [1.54, 1.807) is 0 Å². The van der Waals surface area contributed by atoms with Crippen molar-refractivity contribution in [1.82, 2.24) is 0 Å². The summed E-state index contributed by atoms with van der Waals surface area (Å²) in [6.45, 7) is 6.95. The topological polar surface area (TPSA) is 9.23 Å². The van der Waals surface area contributed by atoms with E-state index in [0.29, 0.717) is 0 Å². The fraction of sp³-hybridized carbons (Fsp3) is 0.750. The molecule has 0 aliphatic rings. The summed E-state index contributed by atoms with van der Waals surface area (Å²) in [6, 6.07) is 1.81. The zero-order valence-electron chi connectivity index (χ0n) is 8.66. The van der Waals surface area contributed by atoms with Gasteiger partial charge in [0.05, 0.1) is 8.07 Å². The molecular formula is C8H17F3OSi2. The molecule has 0 heterocycles. The van der Waals surface area contributed by atoms with Crippen LogP contribution in [0, 0.1) is 0 Å². The Labute approximate surface area is 86.3 Å². The molecular weight excluding hydrogens is 225 g/mol. The number of hydrogen-bond donors (Lipinski definition) is 0. The van der Waals surface area contributed by atoms with E-state index in [9.17, 15) is 13.2 Å². The highest BCUT2D eigenvalue weighted by Gasteiger charge is 2.27. The maximum atomic E-state index is 11.7. The van der Waals surface area contributed by atoms with Crippen molar-refractivity contribution >= 4 is 17.8 Å². The standard InChI is InChI=1S/C8H17F3OSi2/c1-4-14(2,3)6-5-13-12-7-8(9,10)11/h4H,1,5-7,13H2,2-3H3. The van der Waals surface area contributed by atoms with Gasteiger partial charge in [-0.3, -0.25) is 0 Å². The molecule has 0 aromatic heterocycles. The van der Waals surface area contributed by atoms with Crippen molar-refractivity contribution in [2.24, 2.45) is 0 Å². The number of alkyl halides is 3. The molecule has 0 atom stereocenters. The molecule has 0 fully saturated rings. The maximum absolute atomic E-state index is 11.7. The second kappa shape index (κ2) is 5.72. The van der Waals surface area contributed by atoms with Crippen LogP contribution in [0.15, 0.2) is 12.3 Å². The first-order chi connectivity index (χ1) is 6.27. The summed E-state index contributed by atoms with van der Waals surface area (Å²) in [5, 5.41) is 0. The molecule has 14 heavy (non-hydrogen) atoms. The normalized spacial score (nSPS) is 13.8. The van der Waals surface area contributed by atoms with Crippen LogP contribution in [0.2, 0.25) is 25.2 Å². The zero-order chi connectivity index (χ0) is 11.2. The van der Waals surface area contributed by atoms with Crippen LogP contribution in [-0.2, 0) is 4.43 Å². The summed E-state index contributed by atoms with van der Waals surface area (Å²) in [5.41, 5.74) is 1.96. The van der Waals surface area contributed by atoms with Crippen LogP contribution >= 0.6 is 0 Å². The van der Waals surface area contributed by atoms with E-state index in [1.807, 2.05) is 5.70 Å². The van der Waals surface area contributed by atoms with Crippen LogP contribution in [0.5, 0.6) is 0 Å². The van der Waals surface area contributed by atoms with E-state index in [-0.39, 0.29) is 0 Å². The van der Waals surface area contributed by atoms with Crippen molar-refractivity contribution in [1.29, 1.82) is 0 Å². The monoisotopic (exact) mass is 242 g/mol. The maximum Gasteiger partial charge on any atom is 0.410 e.